The molecule has 1 aliphatic heterocycles. The number of ether oxygens (including phenoxy) is 2. The normalized spacial score (nSPS) is 16.7. The van der Waals surface area contributed by atoms with Crippen molar-refractivity contribution in [3.63, 3.8) is 0 Å². The summed E-state index contributed by atoms with van der Waals surface area (Å²) >= 11 is 0. The SMILES string of the molecule is CN(C[C@@H]1COc2ccccc2O1)c1nccn2cnnc12. The van der Waals surface area contributed by atoms with Crippen LogP contribution in [0.3, 0.4) is 0 Å². The van der Waals surface area contributed by atoms with Crippen LogP contribution >= 0.6 is 0 Å². The second-order valence-electron chi connectivity index (χ2n) is 5.19. The Morgan fingerprint density at radius 3 is 3.09 bits per heavy atom. The Bertz CT molecular complexity index is 803. The van der Waals surface area contributed by atoms with Gasteiger partial charge in [-0.2, -0.15) is 0 Å². The Hall–Kier alpha value is -2.83. The van der Waals surface area contributed by atoms with Gasteiger partial charge in [0.1, 0.15) is 12.9 Å². The number of aromatic nitrogens is 4. The van der Waals surface area contributed by atoms with Gasteiger partial charge in [-0.15, -0.1) is 10.2 Å². The largest absolute Gasteiger partial charge is 0.486 e. The fourth-order valence-electron chi connectivity index (χ4n) is 2.56. The van der Waals surface area contributed by atoms with Crippen molar-refractivity contribution in [1.82, 2.24) is 19.6 Å². The van der Waals surface area contributed by atoms with E-state index in [0.29, 0.717) is 13.2 Å². The molecule has 0 aliphatic carbocycles. The van der Waals surface area contributed by atoms with Crippen LogP contribution in [0.15, 0.2) is 43.0 Å². The van der Waals surface area contributed by atoms with E-state index in [0.717, 1.165) is 23.0 Å². The zero-order chi connectivity index (χ0) is 14.9. The summed E-state index contributed by atoms with van der Waals surface area (Å²) in [6.07, 6.45) is 5.15. The Balaban J connectivity index is 1.53. The lowest BCUT2D eigenvalue weighted by Crippen LogP contribution is -2.39. The van der Waals surface area contributed by atoms with E-state index < -0.39 is 0 Å². The summed E-state index contributed by atoms with van der Waals surface area (Å²) in [6, 6.07) is 7.70. The third-order valence-corrected chi connectivity index (χ3v) is 3.60. The zero-order valence-corrected chi connectivity index (χ0v) is 12.1. The predicted molar refractivity (Wildman–Crippen MR) is 80.4 cm³/mol. The lowest BCUT2D eigenvalue weighted by atomic mass is 10.2. The van der Waals surface area contributed by atoms with Crippen molar-refractivity contribution >= 4 is 11.5 Å². The van der Waals surface area contributed by atoms with Gasteiger partial charge < -0.3 is 14.4 Å². The van der Waals surface area contributed by atoms with E-state index in [4.69, 9.17) is 9.47 Å². The van der Waals surface area contributed by atoms with Crippen molar-refractivity contribution in [3.05, 3.63) is 43.0 Å². The van der Waals surface area contributed by atoms with Crippen LogP contribution in [0.4, 0.5) is 5.82 Å². The molecule has 4 rings (SSSR count). The topological polar surface area (TPSA) is 64.8 Å². The molecule has 7 heteroatoms. The van der Waals surface area contributed by atoms with Gasteiger partial charge in [-0.05, 0) is 12.1 Å². The van der Waals surface area contributed by atoms with Gasteiger partial charge in [-0.1, -0.05) is 12.1 Å². The smallest absolute Gasteiger partial charge is 0.203 e. The summed E-state index contributed by atoms with van der Waals surface area (Å²) in [5, 5.41) is 8.02. The van der Waals surface area contributed by atoms with Gasteiger partial charge in [-0.3, -0.25) is 4.40 Å². The van der Waals surface area contributed by atoms with Crippen LogP contribution in [0.1, 0.15) is 0 Å². The van der Waals surface area contributed by atoms with Gasteiger partial charge >= 0.3 is 0 Å². The van der Waals surface area contributed by atoms with E-state index in [9.17, 15) is 0 Å². The molecule has 22 heavy (non-hydrogen) atoms. The number of hydrogen-bond donors (Lipinski definition) is 0. The summed E-state index contributed by atoms with van der Waals surface area (Å²) in [5.74, 6) is 2.34. The predicted octanol–water partition coefficient (Wildman–Crippen LogP) is 1.40. The van der Waals surface area contributed by atoms with E-state index >= 15 is 0 Å². The molecule has 1 aliphatic rings. The van der Waals surface area contributed by atoms with Gasteiger partial charge in [-0.25, -0.2) is 4.98 Å². The summed E-state index contributed by atoms with van der Waals surface area (Å²) in [4.78, 5) is 6.40. The van der Waals surface area contributed by atoms with Gasteiger partial charge in [0.2, 0.25) is 5.65 Å². The van der Waals surface area contributed by atoms with Crippen LogP contribution in [0, 0.1) is 0 Å². The molecule has 2 aromatic heterocycles. The van der Waals surface area contributed by atoms with Crippen LogP contribution < -0.4 is 14.4 Å². The number of para-hydroxylation sites is 2. The minimum absolute atomic E-state index is 0.0649. The number of likely N-dealkylation sites (N-methyl/N-ethyl adjacent to an activating group) is 1. The second kappa shape index (κ2) is 5.18. The van der Waals surface area contributed by atoms with Crippen LogP contribution in [-0.2, 0) is 0 Å². The van der Waals surface area contributed by atoms with E-state index in [1.807, 2.05) is 46.8 Å². The minimum Gasteiger partial charge on any atom is -0.486 e. The van der Waals surface area contributed by atoms with Crippen LogP contribution in [0.5, 0.6) is 11.5 Å². The third-order valence-electron chi connectivity index (χ3n) is 3.60. The van der Waals surface area contributed by atoms with E-state index in [1.165, 1.54) is 0 Å². The van der Waals surface area contributed by atoms with Gasteiger partial charge in [0.15, 0.2) is 23.4 Å². The maximum absolute atomic E-state index is 5.98. The Kier molecular flexibility index (Phi) is 3.03. The molecule has 3 heterocycles. The highest BCUT2D eigenvalue weighted by atomic mass is 16.6. The lowest BCUT2D eigenvalue weighted by Gasteiger charge is -2.29. The van der Waals surface area contributed by atoms with E-state index in [1.54, 1.807) is 12.5 Å². The summed E-state index contributed by atoms with van der Waals surface area (Å²) < 4.78 is 13.6. The molecule has 1 atom stereocenters. The van der Waals surface area contributed by atoms with Crippen molar-refractivity contribution in [2.24, 2.45) is 0 Å². The van der Waals surface area contributed by atoms with Crippen molar-refractivity contribution < 1.29 is 9.47 Å². The van der Waals surface area contributed by atoms with Gasteiger partial charge in [0, 0.05) is 19.4 Å². The molecule has 0 saturated heterocycles. The third kappa shape index (κ3) is 2.20. The average molecular weight is 297 g/mol. The molecule has 0 fully saturated rings. The van der Waals surface area contributed by atoms with Crippen LogP contribution in [0.25, 0.3) is 5.65 Å². The Morgan fingerprint density at radius 2 is 2.18 bits per heavy atom. The quantitative estimate of drug-likeness (QED) is 0.728. The summed E-state index contributed by atoms with van der Waals surface area (Å²) in [7, 11) is 1.96. The molecule has 0 amide bonds. The molecule has 7 nitrogen and oxygen atoms in total. The first-order valence-electron chi connectivity index (χ1n) is 7.05. The Morgan fingerprint density at radius 1 is 1.32 bits per heavy atom. The highest BCUT2D eigenvalue weighted by Gasteiger charge is 2.23. The van der Waals surface area contributed by atoms with E-state index in [2.05, 4.69) is 15.2 Å². The van der Waals surface area contributed by atoms with E-state index in [-0.39, 0.29) is 6.10 Å². The Labute approximate surface area is 127 Å². The van der Waals surface area contributed by atoms with Gasteiger partial charge in [0.25, 0.3) is 0 Å². The van der Waals surface area contributed by atoms with Crippen molar-refractivity contribution in [2.75, 3.05) is 25.1 Å². The number of anilines is 1. The maximum Gasteiger partial charge on any atom is 0.203 e. The number of fused-ring (bicyclic) bond motifs is 2. The molecule has 0 bridgehead atoms. The van der Waals surface area contributed by atoms with Crippen LogP contribution in [0.2, 0.25) is 0 Å². The summed E-state index contributed by atoms with van der Waals surface area (Å²) in [6.45, 7) is 1.16. The first-order valence-corrected chi connectivity index (χ1v) is 7.05. The number of rotatable bonds is 3. The fourth-order valence-corrected chi connectivity index (χ4v) is 2.56. The molecule has 3 aromatic rings. The maximum atomic E-state index is 5.98. The molecule has 1 aromatic carbocycles. The number of nitrogens with zero attached hydrogens (tertiary/aromatic N) is 5. The molecule has 0 spiro atoms. The summed E-state index contributed by atoms with van der Waals surface area (Å²) in [5.41, 5.74) is 0.724. The second-order valence-corrected chi connectivity index (χ2v) is 5.19. The molecule has 0 radical (unpaired) electrons. The van der Waals surface area contributed by atoms with Crippen molar-refractivity contribution in [2.45, 2.75) is 6.10 Å². The molecule has 0 saturated carbocycles. The van der Waals surface area contributed by atoms with Crippen molar-refractivity contribution in [1.29, 1.82) is 0 Å². The minimum atomic E-state index is -0.0649. The van der Waals surface area contributed by atoms with Crippen LogP contribution in [-0.4, -0.2) is 45.9 Å². The first-order chi connectivity index (χ1) is 10.8. The van der Waals surface area contributed by atoms with Gasteiger partial charge in [0.05, 0.1) is 6.54 Å². The number of benzene rings is 1. The molecule has 0 N–H and O–H groups in total. The molecule has 112 valence electrons. The monoisotopic (exact) mass is 297 g/mol. The standard InChI is InChI=1S/C15H15N5O2/c1-19(14-15-18-17-10-20(15)7-6-16-14)8-11-9-21-12-4-2-3-5-13(12)22-11/h2-7,10-11H,8-9H2,1H3/t11-/m1/s1. The zero-order valence-electron chi connectivity index (χ0n) is 12.1. The fraction of sp³-hybridized carbons (Fsp3) is 0.267. The molecule has 0 unspecified atom stereocenters. The highest BCUT2D eigenvalue weighted by Crippen LogP contribution is 2.31. The number of hydrogen-bond acceptors (Lipinski definition) is 6. The molecular weight excluding hydrogens is 282 g/mol. The highest BCUT2D eigenvalue weighted by molar-refractivity contribution is 5.62. The first kappa shape index (κ1) is 12.9. The lowest BCUT2D eigenvalue weighted by molar-refractivity contribution is 0.0960. The van der Waals surface area contributed by atoms with Crippen molar-refractivity contribution in [3.8, 4) is 11.5 Å². The molecular formula is C15H15N5O2. The average Bonchev–Trinajstić information content (AvgIpc) is 3.03.